The van der Waals surface area contributed by atoms with Crippen molar-refractivity contribution in [1.82, 2.24) is 9.29 Å². The van der Waals surface area contributed by atoms with Gasteiger partial charge in [0.1, 0.15) is 0 Å². The lowest BCUT2D eigenvalue weighted by Crippen LogP contribution is -2.42. The fourth-order valence-electron chi connectivity index (χ4n) is 1.90. The maximum Gasteiger partial charge on any atom is 0.254 e. The van der Waals surface area contributed by atoms with Crippen LogP contribution < -0.4 is 5.73 Å². The molecule has 5 nitrogen and oxygen atoms in total. The van der Waals surface area contributed by atoms with Crippen molar-refractivity contribution in [1.29, 1.82) is 0 Å². The fraction of sp³-hybridized carbons (Fsp3) is 0.700. The van der Waals surface area contributed by atoms with Gasteiger partial charge in [0.2, 0.25) is 0 Å². The van der Waals surface area contributed by atoms with Gasteiger partial charge < -0.3 is 5.73 Å². The molecule has 0 saturated heterocycles. The molecule has 0 spiro atoms. The number of likely N-dealkylation sites (N-methyl/N-ethyl adjacent to an activating group) is 1. The molecule has 1 aliphatic carbocycles. The zero-order chi connectivity index (χ0) is 12.6. The zero-order valence-electron chi connectivity index (χ0n) is 10.4. The van der Waals surface area contributed by atoms with Crippen molar-refractivity contribution in [3.63, 3.8) is 0 Å². The molecule has 104 valence electrons. The normalized spacial score (nSPS) is 17.6. The summed E-state index contributed by atoms with van der Waals surface area (Å²) in [5.74, 6) is 0.425. The molecule has 1 heterocycles. The summed E-state index contributed by atoms with van der Waals surface area (Å²) in [5, 5.41) is 0.757. The van der Waals surface area contributed by atoms with Gasteiger partial charge in [0, 0.05) is 19.6 Å². The molecule has 18 heavy (non-hydrogen) atoms. The first kappa shape index (κ1) is 15.8. The Morgan fingerprint density at radius 2 is 2.22 bits per heavy atom. The predicted octanol–water partition coefficient (Wildman–Crippen LogP) is 1.23. The second-order valence-electron chi connectivity index (χ2n) is 4.36. The highest BCUT2D eigenvalue weighted by Crippen LogP contribution is 2.36. The van der Waals surface area contributed by atoms with E-state index in [1.54, 1.807) is 14.0 Å². The molecule has 1 aromatic rings. The zero-order valence-corrected chi connectivity index (χ0v) is 12.8. The summed E-state index contributed by atoms with van der Waals surface area (Å²) >= 11 is 1.20. The molecule has 1 fully saturated rings. The maximum atomic E-state index is 12.3. The summed E-state index contributed by atoms with van der Waals surface area (Å²) in [6.45, 7) is 2.17. The van der Waals surface area contributed by atoms with Crippen LogP contribution in [0.1, 0.15) is 17.8 Å². The van der Waals surface area contributed by atoms with Crippen molar-refractivity contribution in [3.8, 4) is 0 Å². The molecule has 1 saturated carbocycles. The third-order valence-corrected chi connectivity index (χ3v) is 6.34. The number of aryl methyl sites for hydroxylation is 1. The monoisotopic (exact) mass is 311 g/mol. The van der Waals surface area contributed by atoms with Crippen molar-refractivity contribution in [2.45, 2.75) is 30.0 Å². The topological polar surface area (TPSA) is 76.3 Å². The van der Waals surface area contributed by atoms with E-state index in [-0.39, 0.29) is 18.4 Å². The van der Waals surface area contributed by atoms with Gasteiger partial charge >= 0.3 is 0 Å². The van der Waals surface area contributed by atoms with E-state index in [9.17, 15) is 8.42 Å². The predicted molar refractivity (Wildman–Crippen MR) is 74.6 cm³/mol. The van der Waals surface area contributed by atoms with Gasteiger partial charge in [-0.25, -0.2) is 13.4 Å². The molecular formula is C10H18ClN3O2S2. The number of nitrogens with zero attached hydrogens (tertiary/aromatic N) is 2. The molecule has 0 aliphatic heterocycles. The van der Waals surface area contributed by atoms with Crippen molar-refractivity contribution >= 4 is 33.8 Å². The molecule has 0 aromatic carbocycles. The number of rotatable bonds is 5. The minimum atomic E-state index is -3.43. The number of halogens is 1. The molecule has 2 N–H and O–H groups in total. The van der Waals surface area contributed by atoms with Crippen LogP contribution in [-0.4, -0.2) is 37.3 Å². The average Bonchev–Trinajstić information content (AvgIpc) is 3.01. The van der Waals surface area contributed by atoms with Gasteiger partial charge in [-0.3, -0.25) is 0 Å². The second-order valence-corrected chi connectivity index (χ2v) is 7.82. The lowest BCUT2D eigenvalue weighted by Gasteiger charge is -2.25. The SMILES string of the molecule is Cc1ncc(S(=O)(=O)N(C)C(CN)C2CC2)s1.Cl. The van der Waals surface area contributed by atoms with Crippen LogP contribution in [0.4, 0.5) is 0 Å². The summed E-state index contributed by atoms with van der Waals surface area (Å²) in [4.78, 5) is 3.99. The minimum absolute atomic E-state index is 0. The van der Waals surface area contributed by atoms with E-state index in [0.717, 1.165) is 17.8 Å². The van der Waals surface area contributed by atoms with Crippen LogP contribution in [0.15, 0.2) is 10.4 Å². The molecule has 1 atom stereocenters. The Labute approximate surface area is 118 Å². The molecule has 2 rings (SSSR count). The summed E-state index contributed by atoms with van der Waals surface area (Å²) in [5.41, 5.74) is 5.68. The van der Waals surface area contributed by atoms with E-state index >= 15 is 0 Å². The van der Waals surface area contributed by atoms with Gasteiger partial charge in [-0.2, -0.15) is 4.31 Å². The lowest BCUT2D eigenvalue weighted by atomic mass is 10.2. The van der Waals surface area contributed by atoms with Crippen LogP contribution in [-0.2, 0) is 10.0 Å². The first-order valence-corrected chi connectivity index (χ1v) is 7.83. The Kier molecular flexibility index (Phi) is 5.13. The highest BCUT2D eigenvalue weighted by atomic mass is 35.5. The average molecular weight is 312 g/mol. The Balaban J connectivity index is 0.00000162. The molecule has 1 aromatic heterocycles. The quantitative estimate of drug-likeness (QED) is 0.887. The van der Waals surface area contributed by atoms with Crippen LogP contribution in [0.25, 0.3) is 0 Å². The van der Waals surface area contributed by atoms with Crippen LogP contribution >= 0.6 is 23.7 Å². The Morgan fingerprint density at radius 3 is 2.61 bits per heavy atom. The number of aromatic nitrogens is 1. The van der Waals surface area contributed by atoms with Crippen molar-refractivity contribution < 1.29 is 8.42 Å². The third kappa shape index (κ3) is 3.03. The molecule has 0 radical (unpaired) electrons. The maximum absolute atomic E-state index is 12.3. The van der Waals surface area contributed by atoms with E-state index in [2.05, 4.69) is 4.98 Å². The molecular weight excluding hydrogens is 294 g/mol. The molecule has 1 unspecified atom stereocenters. The first-order chi connectivity index (χ1) is 7.96. The van der Waals surface area contributed by atoms with Crippen molar-refractivity contribution in [3.05, 3.63) is 11.2 Å². The van der Waals surface area contributed by atoms with E-state index in [1.165, 1.54) is 21.8 Å². The van der Waals surface area contributed by atoms with Crippen molar-refractivity contribution in [2.24, 2.45) is 11.7 Å². The Hall–Kier alpha value is -0.210. The third-order valence-electron chi connectivity index (χ3n) is 3.11. The summed E-state index contributed by atoms with van der Waals surface area (Å²) < 4.78 is 26.4. The second kappa shape index (κ2) is 5.83. The van der Waals surface area contributed by atoms with Gasteiger partial charge in [-0.15, -0.1) is 23.7 Å². The molecule has 0 amide bonds. The van der Waals surface area contributed by atoms with E-state index in [1.807, 2.05) is 0 Å². The van der Waals surface area contributed by atoms with Gasteiger partial charge in [-0.05, 0) is 25.7 Å². The Bertz CT molecular complexity index is 499. The molecule has 8 heteroatoms. The highest BCUT2D eigenvalue weighted by molar-refractivity contribution is 7.91. The van der Waals surface area contributed by atoms with Crippen LogP contribution in [0.2, 0.25) is 0 Å². The minimum Gasteiger partial charge on any atom is -0.329 e. The van der Waals surface area contributed by atoms with Crippen LogP contribution in [0.3, 0.4) is 0 Å². The van der Waals surface area contributed by atoms with E-state index in [4.69, 9.17) is 5.73 Å². The Morgan fingerprint density at radius 1 is 1.61 bits per heavy atom. The smallest absolute Gasteiger partial charge is 0.254 e. The van der Waals surface area contributed by atoms with Crippen LogP contribution in [0, 0.1) is 12.8 Å². The first-order valence-electron chi connectivity index (χ1n) is 5.57. The van der Waals surface area contributed by atoms with Gasteiger partial charge in [0.15, 0.2) is 4.21 Å². The van der Waals surface area contributed by atoms with Crippen LogP contribution in [0.5, 0.6) is 0 Å². The van der Waals surface area contributed by atoms with Gasteiger partial charge in [0.25, 0.3) is 10.0 Å². The summed E-state index contributed by atoms with van der Waals surface area (Å²) in [7, 11) is -1.81. The number of nitrogens with two attached hydrogens (primary N) is 1. The number of hydrogen-bond donors (Lipinski definition) is 1. The fourth-order valence-corrected chi connectivity index (χ4v) is 4.62. The van der Waals surface area contributed by atoms with Crippen molar-refractivity contribution in [2.75, 3.05) is 13.6 Å². The highest BCUT2D eigenvalue weighted by Gasteiger charge is 2.38. The van der Waals surface area contributed by atoms with Gasteiger partial charge in [0.05, 0.1) is 11.2 Å². The number of sulfonamides is 1. The van der Waals surface area contributed by atoms with E-state index < -0.39 is 10.0 Å². The summed E-state index contributed by atoms with van der Waals surface area (Å²) in [6.07, 6.45) is 3.57. The number of thiazole rings is 1. The summed E-state index contributed by atoms with van der Waals surface area (Å²) in [6, 6.07) is -0.0811. The largest absolute Gasteiger partial charge is 0.329 e. The lowest BCUT2D eigenvalue weighted by molar-refractivity contribution is 0.341. The van der Waals surface area contributed by atoms with Gasteiger partial charge in [-0.1, -0.05) is 0 Å². The molecule has 1 aliphatic rings. The number of hydrogen-bond acceptors (Lipinski definition) is 5. The molecule has 0 bridgehead atoms. The van der Waals surface area contributed by atoms with E-state index in [0.29, 0.717) is 16.7 Å². The standard InChI is InChI=1S/C10H17N3O2S2.ClH/c1-7-12-6-10(16-7)17(14,15)13(2)9(5-11)8-3-4-8;/h6,8-9H,3-5,11H2,1-2H3;1H.